The zero-order valence-corrected chi connectivity index (χ0v) is 12.5. The van der Waals surface area contributed by atoms with Gasteiger partial charge in [0, 0.05) is 32.4 Å². The number of nitrogens with one attached hydrogen (secondary N) is 1. The standard InChI is InChI=1S/C15H25N3O/c1-12-13(10-16-3)6-7-14(17-12)18-9-5-8-15(2,11-18)19-4/h6-7,16H,5,8-11H2,1-4H3. The molecule has 1 aromatic heterocycles. The third kappa shape index (κ3) is 3.25. The highest BCUT2D eigenvalue weighted by atomic mass is 16.5. The smallest absolute Gasteiger partial charge is 0.128 e. The monoisotopic (exact) mass is 263 g/mol. The van der Waals surface area contributed by atoms with Gasteiger partial charge in [-0.15, -0.1) is 0 Å². The van der Waals surface area contributed by atoms with Crippen molar-refractivity contribution in [2.75, 3.05) is 32.1 Å². The van der Waals surface area contributed by atoms with Crippen LogP contribution in [0.5, 0.6) is 0 Å². The topological polar surface area (TPSA) is 37.4 Å². The number of anilines is 1. The molecule has 1 aliphatic rings. The quantitative estimate of drug-likeness (QED) is 0.903. The molecule has 1 aliphatic heterocycles. The Morgan fingerprint density at radius 3 is 2.89 bits per heavy atom. The Labute approximate surface area is 116 Å². The number of aromatic nitrogens is 1. The number of methoxy groups -OCH3 is 1. The largest absolute Gasteiger partial charge is 0.377 e. The van der Waals surface area contributed by atoms with Gasteiger partial charge in [-0.3, -0.25) is 0 Å². The summed E-state index contributed by atoms with van der Waals surface area (Å²) >= 11 is 0. The Hall–Kier alpha value is -1.13. The van der Waals surface area contributed by atoms with Crippen molar-refractivity contribution in [2.24, 2.45) is 0 Å². The maximum Gasteiger partial charge on any atom is 0.128 e. The second-order valence-corrected chi connectivity index (χ2v) is 5.62. The Kier molecular flexibility index (Phi) is 4.42. The van der Waals surface area contributed by atoms with E-state index < -0.39 is 0 Å². The van der Waals surface area contributed by atoms with Crippen LogP contribution in [0, 0.1) is 6.92 Å². The third-order valence-corrected chi connectivity index (χ3v) is 4.02. The molecule has 0 aromatic carbocycles. The number of nitrogens with zero attached hydrogens (tertiary/aromatic N) is 2. The first-order chi connectivity index (χ1) is 9.08. The van der Waals surface area contributed by atoms with Crippen molar-refractivity contribution in [1.82, 2.24) is 10.3 Å². The summed E-state index contributed by atoms with van der Waals surface area (Å²) in [5.74, 6) is 1.07. The summed E-state index contributed by atoms with van der Waals surface area (Å²) in [7, 11) is 3.76. The van der Waals surface area contributed by atoms with Crippen LogP contribution in [0.15, 0.2) is 12.1 Å². The molecule has 4 nitrogen and oxygen atoms in total. The Morgan fingerprint density at radius 2 is 2.26 bits per heavy atom. The van der Waals surface area contributed by atoms with Crippen molar-refractivity contribution in [1.29, 1.82) is 0 Å². The molecule has 2 rings (SSSR count). The average molecular weight is 263 g/mol. The van der Waals surface area contributed by atoms with Gasteiger partial charge >= 0.3 is 0 Å². The molecule has 1 aromatic rings. The van der Waals surface area contributed by atoms with Crippen LogP contribution in [0.2, 0.25) is 0 Å². The van der Waals surface area contributed by atoms with Crippen LogP contribution in [-0.2, 0) is 11.3 Å². The van der Waals surface area contributed by atoms with Crippen LogP contribution in [0.25, 0.3) is 0 Å². The van der Waals surface area contributed by atoms with Crippen LogP contribution < -0.4 is 10.2 Å². The molecule has 19 heavy (non-hydrogen) atoms. The normalized spacial score (nSPS) is 23.7. The lowest BCUT2D eigenvalue weighted by Crippen LogP contribution is -2.47. The zero-order valence-electron chi connectivity index (χ0n) is 12.5. The van der Waals surface area contributed by atoms with Gasteiger partial charge in [0.1, 0.15) is 5.82 Å². The summed E-state index contributed by atoms with van der Waals surface area (Å²) in [6.07, 6.45) is 2.28. The minimum Gasteiger partial charge on any atom is -0.377 e. The van der Waals surface area contributed by atoms with E-state index in [9.17, 15) is 0 Å². The summed E-state index contributed by atoms with van der Waals surface area (Å²) in [6, 6.07) is 4.30. The first kappa shape index (κ1) is 14.3. The minimum absolute atomic E-state index is 0.0442. The van der Waals surface area contributed by atoms with E-state index in [-0.39, 0.29) is 5.60 Å². The number of aryl methyl sites for hydroxylation is 1. The van der Waals surface area contributed by atoms with Crippen molar-refractivity contribution in [3.63, 3.8) is 0 Å². The zero-order chi connectivity index (χ0) is 13.9. The molecule has 1 unspecified atom stereocenters. The number of rotatable bonds is 4. The van der Waals surface area contributed by atoms with E-state index in [1.165, 1.54) is 5.56 Å². The molecule has 1 atom stereocenters. The number of hydrogen-bond acceptors (Lipinski definition) is 4. The fourth-order valence-corrected chi connectivity index (χ4v) is 2.70. The number of hydrogen-bond donors (Lipinski definition) is 1. The van der Waals surface area contributed by atoms with Gasteiger partial charge in [-0.05, 0) is 45.4 Å². The lowest BCUT2D eigenvalue weighted by Gasteiger charge is -2.40. The number of piperidine rings is 1. The SMILES string of the molecule is CNCc1ccc(N2CCCC(C)(OC)C2)nc1C. The number of ether oxygens (including phenoxy) is 1. The Morgan fingerprint density at radius 1 is 1.47 bits per heavy atom. The molecule has 1 fully saturated rings. The Balaban J connectivity index is 2.15. The van der Waals surface area contributed by atoms with E-state index >= 15 is 0 Å². The van der Waals surface area contributed by atoms with Crippen LogP contribution in [-0.4, -0.2) is 37.8 Å². The lowest BCUT2D eigenvalue weighted by atomic mass is 9.95. The highest BCUT2D eigenvalue weighted by molar-refractivity contribution is 5.42. The van der Waals surface area contributed by atoms with Gasteiger partial charge in [-0.1, -0.05) is 6.07 Å². The van der Waals surface area contributed by atoms with Crippen molar-refractivity contribution < 1.29 is 4.74 Å². The maximum absolute atomic E-state index is 5.64. The van der Waals surface area contributed by atoms with Crippen molar-refractivity contribution in [3.8, 4) is 0 Å². The van der Waals surface area contributed by atoms with Gasteiger partial charge in [0.15, 0.2) is 0 Å². The van der Waals surface area contributed by atoms with E-state index in [2.05, 4.69) is 36.2 Å². The summed E-state index contributed by atoms with van der Waals surface area (Å²) in [5.41, 5.74) is 2.33. The molecule has 4 heteroatoms. The molecule has 0 amide bonds. The molecule has 0 spiro atoms. The van der Waals surface area contributed by atoms with E-state index in [1.807, 2.05) is 7.05 Å². The second-order valence-electron chi connectivity index (χ2n) is 5.62. The van der Waals surface area contributed by atoms with Gasteiger partial charge in [0.25, 0.3) is 0 Å². The van der Waals surface area contributed by atoms with E-state index in [4.69, 9.17) is 9.72 Å². The maximum atomic E-state index is 5.64. The van der Waals surface area contributed by atoms with Gasteiger partial charge in [0.05, 0.1) is 5.60 Å². The van der Waals surface area contributed by atoms with Crippen LogP contribution in [0.3, 0.4) is 0 Å². The van der Waals surface area contributed by atoms with Gasteiger partial charge < -0.3 is 15.0 Å². The first-order valence-corrected chi connectivity index (χ1v) is 6.99. The summed E-state index contributed by atoms with van der Waals surface area (Å²) in [4.78, 5) is 7.08. The summed E-state index contributed by atoms with van der Waals surface area (Å²) in [5, 5.41) is 3.17. The van der Waals surface area contributed by atoms with E-state index in [0.717, 1.165) is 44.0 Å². The van der Waals surface area contributed by atoms with Crippen molar-refractivity contribution >= 4 is 5.82 Å². The average Bonchev–Trinajstić information content (AvgIpc) is 2.41. The Bertz CT molecular complexity index is 435. The highest BCUT2D eigenvalue weighted by Crippen LogP contribution is 2.27. The van der Waals surface area contributed by atoms with Crippen molar-refractivity contribution in [2.45, 2.75) is 38.8 Å². The van der Waals surface area contributed by atoms with Gasteiger partial charge in [0.2, 0.25) is 0 Å². The number of pyridine rings is 1. The third-order valence-electron chi connectivity index (χ3n) is 4.02. The molecule has 0 saturated carbocycles. The highest BCUT2D eigenvalue weighted by Gasteiger charge is 2.31. The molecule has 106 valence electrons. The summed E-state index contributed by atoms with van der Waals surface area (Å²) in [6.45, 7) is 7.12. The van der Waals surface area contributed by atoms with Crippen LogP contribution >= 0.6 is 0 Å². The molecule has 0 bridgehead atoms. The fourth-order valence-electron chi connectivity index (χ4n) is 2.70. The minimum atomic E-state index is -0.0442. The molecule has 2 heterocycles. The lowest BCUT2D eigenvalue weighted by molar-refractivity contribution is -0.00482. The van der Waals surface area contributed by atoms with Crippen LogP contribution in [0.4, 0.5) is 5.82 Å². The molecular formula is C15H25N3O. The molecule has 0 aliphatic carbocycles. The predicted octanol–water partition coefficient (Wildman–Crippen LogP) is 2.11. The van der Waals surface area contributed by atoms with E-state index in [0.29, 0.717) is 0 Å². The molecular weight excluding hydrogens is 238 g/mol. The molecule has 1 saturated heterocycles. The molecule has 1 N–H and O–H groups in total. The van der Waals surface area contributed by atoms with Gasteiger partial charge in [-0.25, -0.2) is 4.98 Å². The van der Waals surface area contributed by atoms with E-state index in [1.54, 1.807) is 7.11 Å². The summed E-state index contributed by atoms with van der Waals surface area (Å²) < 4.78 is 5.64. The molecule has 0 radical (unpaired) electrons. The fraction of sp³-hybridized carbons (Fsp3) is 0.667. The van der Waals surface area contributed by atoms with Gasteiger partial charge in [-0.2, -0.15) is 0 Å². The first-order valence-electron chi connectivity index (χ1n) is 6.99. The second kappa shape index (κ2) is 5.88. The van der Waals surface area contributed by atoms with Crippen molar-refractivity contribution in [3.05, 3.63) is 23.4 Å². The predicted molar refractivity (Wildman–Crippen MR) is 78.6 cm³/mol. The van der Waals surface area contributed by atoms with Crippen LogP contribution in [0.1, 0.15) is 31.0 Å².